The second kappa shape index (κ2) is 7.55. The summed E-state index contributed by atoms with van der Waals surface area (Å²) in [6.07, 6.45) is 2.59. The van der Waals surface area contributed by atoms with Crippen molar-refractivity contribution in [2.45, 2.75) is 52.2 Å². The fourth-order valence-electron chi connectivity index (χ4n) is 4.18. The molecule has 0 bridgehead atoms. The Labute approximate surface area is 167 Å². The van der Waals surface area contributed by atoms with Crippen LogP contribution < -0.4 is 5.56 Å². The van der Waals surface area contributed by atoms with Gasteiger partial charge >= 0.3 is 0 Å². The predicted octanol–water partition coefficient (Wildman–Crippen LogP) is 3.26. The molecule has 28 heavy (non-hydrogen) atoms. The SMILES string of the molecule is Cc1ccn(C(C)CN(C)C)c(=O)c1C(=O)N1Cc2ccccc2CC1(C)C. The number of likely N-dealkylation sites (N-methyl/N-ethyl adjacent to an activating group) is 1. The van der Waals surface area contributed by atoms with Crippen LogP contribution >= 0.6 is 0 Å². The monoisotopic (exact) mass is 381 g/mol. The summed E-state index contributed by atoms with van der Waals surface area (Å²) in [4.78, 5) is 30.7. The lowest BCUT2D eigenvalue weighted by Crippen LogP contribution is -2.53. The highest BCUT2D eigenvalue weighted by molar-refractivity contribution is 5.96. The van der Waals surface area contributed by atoms with E-state index in [-0.39, 0.29) is 23.0 Å². The molecule has 5 nitrogen and oxygen atoms in total. The minimum Gasteiger partial charge on any atom is -0.329 e. The number of carbonyl (C=O) groups excluding carboxylic acids is 1. The number of amides is 1. The Morgan fingerprint density at radius 2 is 1.82 bits per heavy atom. The molecule has 3 rings (SSSR count). The highest BCUT2D eigenvalue weighted by Crippen LogP contribution is 2.31. The second-order valence-electron chi connectivity index (χ2n) is 8.85. The number of pyridine rings is 1. The van der Waals surface area contributed by atoms with Crippen LogP contribution in [0.25, 0.3) is 0 Å². The zero-order valence-electron chi connectivity index (χ0n) is 17.8. The number of carbonyl (C=O) groups is 1. The van der Waals surface area contributed by atoms with Gasteiger partial charge in [0.25, 0.3) is 11.5 Å². The molecular weight excluding hydrogens is 350 g/mol. The molecule has 1 amide bonds. The maximum absolute atomic E-state index is 13.6. The van der Waals surface area contributed by atoms with Gasteiger partial charge in [0.1, 0.15) is 5.56 Å². The molecule has 2 aromatic rings. The minimum absolute atomic E-state index is 0.00950. The summed E-state index contributed by atoms with van der Waals surface area (Å²) < 4.78 is 1.69. The molecule has 2 heterocycles. The van der Waals surface area contributed by atoms with Gasteiger partial charge in [0, 0.05) is 30.9 Å². The molecule has 0 saturated heterocycles. The van der Waals surface area contributed by atoms with Gasteiger partial charge in [-0.25, -0.2) is 0 Å². The molecule has 1 atom stereocenters. The quantitative estimate of drug-likeness (QED) is 0.817. The van der Waals surface area contributed by atoms with E-state index in [1.54, 1.807) is 10.8 Å². The molecule has 0 radical (unpaired) electrons. The predicted molar refractivity (Wildman–Crippen MR) is 113 cm³/mol. The summed E-state index contributed by atoms with van der Waals surface area (Å²) >= 11 is 0. The minimum atomic E-state index is -0.347. The van der Waals surface area contributed by atoms with Crippen molar-refractivity contribution in [3.8, 4) is 0 Å². The topological polar surface area (TPSA) is 45.6 Å². The lowest BCUT2D eigenvalue weighted by molar-refractivity contribution is 0.0485. The van der Waals surface area contributed by atoms with Crippen LogP contribution in [-0.2, 0) is 13.0 Å². The third kappa shape index (κ3) is 3.76. The van der Waals surface area contributed by atoms with Gasteiger partial charge in [0.05, 0.1) is 0 Å². The van der Waals surface area contributed by atoms with Gasteiger partial charge in [-0.1, -0.05) is 24.3 Å². The first-order valence-corrected chi connectivity index (χ1v) is 9.87. The van der Waals surface area contributed by atoms with Crippen LogP contribution in [0, 0.1) is 6.92 Å². The van der Waals surface area contributed by atoms with Gasteiger partial charge in [-0.05, 0) is 71.0 Å². The summed E-state index contributed by atoms with van der Waals surface area (Å²) in [5.74, 6) is -0.173. The van der Waals surface area contributed by atoms with E-state index < -0.39 is 0 Å². The zero-order valence-corrected chi connectivity index (χ0v) is 17.8. The van der Waals surface area contributed by atoms with Crippen LogP contribution in [0.5, 0.6) is 0 Å². The molecule has 1 unspecified atom stereocenters. The van der Waals surface area contributed by atoms with Crippen LogP contribution in [0.3, 0.4) is 0 Å². The lowest BCUT2D eigenvalue weighted by atomic mass is 9.85. The van der Waals surface area contributed by atoms with Crippen molar-refractivity contribution in [3.05, 3.63) is 69.1 Å². The Morgan fingerprint density at radius 1 is 1.18 bits per heavy atom. The molecule has 1 aromatic heterocycles. The Balaban J connectivity index is 2.02. The number of hydrogen-bond acceptors (Lipinski definition) is 3. The largest absolute Gasteiger partial charge is 0.329 e. The third-order valence-electron chi connectivity index (χ3n) is 5.69. The molecule has 150 valence electrons. The number of aryl methyl sites for hydroxylation is 1. The van der Waals surface area contributed by atoms with Crippen LogP contribution in [0.15, 0.2) is 41.3 Å². The van der Waals surface area contributed by atoms with Crippen molar-refractivity contribution in [2.75, 3.05) is 20.6 Å². The van der Waals surface area contributed by atoms with E-state index in [0.717, 1.165) is 24.1 Å². The van der Waals surface area contributed by atoms with Crippen molar-refractivity contribution in [1.29, 1.82) is 0 Å². The van der Waals surface area contributed by atoms with E-state index in [2.05, 4.69) is 26.0 Å². The highest BCUT2D eigenvalue weighted by atomic mass is 16.2. The van der Waals surface area contributed by atoms with Crippen molar-refractivity contribution in [1.82, 2.24) is 14.4 Å². The standard InChI is InChI=1S/C23H31N3O2/c1-16-11-12-25(17(2)14-24(5)6)21(27)20(16)22(28)26-15-19-10-8-7-9-18(19)13-23(26,3)4/h7-12,17H,13-15H2,1-6H3. The van der Waals surface area contributed by atoms with Crippen molar-refractivity contribution >= 4 is 5.91 Å². The molecular formula is C23H31N3O2. The Hall–Kier alpha value is -2.40. The molecule has 0 aliphatic carbocycles. The first kappa shape index (κ1) is 20.3. The molecule has 0 N–H and O–H groups in total. The van der Waals surface area contributed by atoms with Gasteiger partial charge in [-0.15, -0.1) is 0 Å². The van der Waals surface area contributed by atoms with E-state index in [4.69, 9.17) is 0 Å². The van der Waals surface area contributed by atoms with Crippen LogP contribution in [0.2, 0.25) is 0 Å². The van der Waals surface area contributed by atoms with Crippen molar-refractivity contribution in [2.24, 2.45) is 0 Å². The highest BCUT2D eigenvalue weighted by Gasteiger charge is 2.37. The van der Waals surface area contributed by atoms with E-state index in [9.17, 15) is 9.59 Å². The van der Waals surface area contributed by atoms with Gasteiger partial charge < -0.3 is 14.4 Å². The van der Waals surface area contributed by atoms with Crippen LogP contribution in [0.4, 0.5) is 0 Å². The average Bonchev–Trinajstić information content (AvgIpc) is 2.59. The number of rotatable bonds is 4. The van der Waals surface area contributed by atoms with Gasteiger partial charge in [-0.3, -0.25) is 9.59 Å². The Morgan fingerprint density at radius 3 is 2.46 bits per heavy atom. The number of nitrogens with zero attached hydrogens (tertiary/aromatic N) is 3. The Bertz CT molecular complexity index is 943. The fraction of sp³-hybridized carbons (Fsp3) is 0.478. The van der Waals surface area contributed by atoms with Crippen LogP contribution in [-0.4, -0.2) is 46.5 Å². The molecule has 0 saturated carbocycles. The van der Waals surface area contributed by atoms with Crippen molar-refractivity contribution < 1.29 is 4.79 Å². The van der Waals surface area contributed by atoms with E-state index in [1.165, 1.54) is 5.56 Å². The third-order valence-corrected chi connectivity index (χ3v) is 5.69. The second-order valence-corrected chi connectivity index (χ2v) is 8.85. The van der Waals surface area contributed by atoms with Crippen molar-refractivity contribution in [3.63, 3.8) is 0 Å². The molecule has 1 aliphatic rings. The average molecular weight is 382 g/mol. The van der Waals surface area contributed by atoms with Gasteiger partial charge in [-0.2, -0.15) is 0 Å². The molecule has 1 aliphatic heterocycles. The summed E-state index contributed by atoms with van der Waals surface area (Å²) in [6, 6.07) is 10.1. The van der Waals surface area contributed by atoms with E-state index in [0.29, 0.717) is 12.1 Å². The smallest absolute Gasteiger partial charge is 0.263 e. The molecule has 0 spiro atoms. The van der Waals surface area contributed by atoms with E-state index >= 15 is 0 Å². The lowest BCUT2D eigenvalue weighted by Gasteiger charge is -2.43. The van der Waals surface area contributed by atoms with E-state index in [1.807, 2.05) is 55.9 Å². The fourth-order valence-corrected chi connectivity index (χ4v) is 4.18. The number of benzene rings is 1. The first-order chi connectivity index (χ1) is 13.1. The number of hydrogen-bond donors (Lipinski definition) is 0. The zero-order chi connectivity index (χ0) is 20.6. The summed E-state index contributed by atoms with van der Waals surface area (Å²) in [7, 11) is 3.96. The van der Waals surface area contributed by atoms with Crippen LogP contribution in [0.1, 0.15) is 53.9 Å². The molecule has 1 aromatic carbocycles. The summed E-state index contributed by atoms with van der Waals surface area (Å²) in [6.45, 7) is 9.27. The van der Waals surface area contributed by atoms with Gasteiger partial charge in [0.15, 0.2) is 0 Å². The normalized spacial score (nSPS) is 16.8. The molecule has 0 fully saturated rings. The summed E-state index contributed by atoms with van der Waals surface area (Å²) in [5.41, 5.74) is 2.91. The maximum Gasteiger partial charge on any atom is 0.263 e. The maximum atomic E-state index is 13.6. The van der Waals surface area contributed by atoms with Gasteiger partial charge in [0.2, 0.25) is 0 Å². The molecule has 5 heteroatoms. The summed E-state index contributed by atoms with van der Waals surface area (Å²) in [5, 5.41) is 0. The first-order valence-electron chi connectivity index (χ1n) is 9.87. The number of aromatic nitrogens is 1. The Kier molecular flexibility index (Phi) is 5.48. The number of fused-ring (bicyclic) bond motifs is 1.